The smallest absolute Gasteiger partial charge is 0.415 e. The van der Waals surface area contributed by atoms with E-state index in [1.54, 1.807) is 0 Å². The fraction of sp³-hybridized carbons (Fsp3) is 0.125. The van der Waals surface area contributed by atoms with Crippen LogP contribution in [-0.2, 0) is 14.2 Å². The SMILES string of the molecule is [CH2]C(OC=C)(OC=C)OC=C. The van der Waals surface area contributed by atoms with Gasteiger partial charge in [0.15, 0.2) is 0 Å². The molecule has 11 heavy (non-hydrogen) atoms. The summed E-state index contributed by atoms with van der Waals surface area (Å²) in [5.74, 6) is -1.45. The first-order valence-electron chi connectivity index (χ1n) is 2.90. The third kappa shape index (κ3) is 3.35. The van der Waals surface area contributed by atoms with E-state index in [1.165, 1.54) is 0 Å². The summed E-state index contributed by atoms with van der Waals surface area (Å²) in [7, 11) is 0. The molecule has 0 aromatic carbocycles. The molecule has 0 unspecified atom stereocenters. The van der Waals surface area contributed by atoms with Crippen molar-refractivity contribution >= 4 is 0 Å². The average molecular weight is 155 g/mol. The van der Waals surface area contributed by atoms with E-state index < -0.39 is 5.97 Å². The number of hydrogen-bond donors (Lipinski definition) is 0. The predicted octanol–water partition coefficient (Wildman–Crippen LogP) is 1.95. The van der Waals surface area contributed by atoms with Crippen LogP contribution in [0.25, 0.3) is 0 Å². The van der Waals surface area contributed by atoms with Gasteiger partial charge in [-0.1, -0.05) is 19.7 Å². The maximum Gasteiger partial charge on any atom is 0.415 e. The summed E-state index contributed by atoms with van der Waals surface area (Å²) < 4.78 is 14.3. The van der Waals surface area contributed by atoms with Crippen molar-refractivity contribution in [3.8, 4) is 0 Å². The topological polar surface area (TPSA) is 27.7 Å². The van der Waals surface area contributed by atoms with Crippen LogP contribution in [0.4, 0.5) is 0 Å². The summed E-state index contributed by atoms with van der Waals surface area (Å²) in [5, 5.41) is 0. The molecule has 0 saturated heterocycles. The second kappa shape index (κ2) is 4.44. The highest BCUT2D eigenvalue weighted by Gasteiger charge is 2.26. The molecule has 0 amide bonds. The lowest BCUT2D eigenvalue weighted by Crippen LogP contribution is -2.30. The van der Waals surface area contributed by atoms with E-state index >= 15 is 0 Å². The first-order valence-corrected chi connectivity index (χ1v) is 2.90. The highest BCUT2D eigenvalue weighted by Crippen LogP contribution is 2.14. The van der Waals surface area contributed by atoms with Gasteiger partial charge in [-0.2, -0.15) is 0 Å². The molecule has 61 valence electrons. The molecule has 0 aromatic rings. The van der Waals surface area contributed by atoms with Gasteiger partial charge >= 0.3 is 5.97 Å². The Balaban J connectivity index is 4.09. The van der Waals surface area contributed by atoms with Crippen LogP contribution in [0.2, 0.25) is 0 Å². The maximum atomic E-state index is 4.78. The first-order chi connectivity index (χ1) is 5.18. The van der Waals surface area contributed by atoms with E-state index in [0.29, 0.717) is 0 Å². The molecule has 3 heteroatoms. The Labute approximate surface area is 66.6 Å². The molecule has 0 spiro atoms. The predicted molar refractivity (Wildman–Crippen MR) is 41.9 cm³/mol. The molecule has 0 rings (SSSR count). The number of rotatable bonds is 6. The van der Waals surface area contributed by atoms with Crippen LogP contribution in [0.3, 0.4) is 0 Å². The molecule has 0 N–H and O–H groups in total. The molecule has 3 nitrogen and oxygen atoms in total. The molecule has 0 bridgehead atoms. The summed E-state index contributed by atoms with van der Waals surface area (Å²) in [5.41, 5.74) is 0. The minimum atomic E-state index is -1.45. The lowest BCUT2D eigenvalue weighted by Gasteiger charge is -2.25. The molecule has 0 saturated carbocycles. The monoisotopic (exact) mass is 155 g/mol. The largest absolute Gasteiger partial charge is 0.429 e. The zero-order valence-corrected chi connectivity index (χ0v) is 6.29. The van der Waals surface area contributed by atoms with E-state index in [4.69, 9.17) is 14.2 Å². The summed E-state index contributed by atoms with van der Waals surface area (Å²) in [6.07, 6.45) is 3.46. The average Bonchev–Trinajstić information content (AvgIpc) is 1.88. The van der Waals surface area contributed by atoms with Gasteiger partial charge in [0.2, 0.25) is 0 Å². The molecule has 0 heterocycles. The second-order valence-electron chi connectivity index (χ2n) is 1.54. The summed E-state index contributed by atoms with van der Waals surface area (Å²) >= 11 is 0. The normalized spacial score (nSPS) is 9.55. The van der Waals surface area contributed by atoms with Crippen molar-refractivity contribution in [2.45, 2.75) is 5.97 Å². The Kier molecular flexibility index (Phi) is 3.88. The minimum absolute atomic E-state index is 1.15. The standard InChI is InChI=1S/C8H11O3/c1-5-9-8(4,10-6-2)11-7-3/h5-7H,1-4H2. The second-order valence-corrected chi connectivity index (χ2v) is 1.54. The molecule has 0 aliphatic heterocycles. The molecular formula is C8H11O3. The van der Waals surface area contributed by atoms with Crippen molar-refractivity contribution < 1.29 is 14.2 Å². The Morgan fingerprint density at radius 2 is 1.09 bits per heavy atom. The zero-order chi connectivity index (χ0) is 8.74. The maximum absolute atomic E-state index is 4.78. The van der Waals surface area contributed by atoms with Crippen LogP contribution in [0.1, 0.15) is 0 Å². The van der Waals surface area contributed by atoms with E-state index in [9.17, 15) is 0 Å². The third-order valence-corrected chi connectivity index (χ3v) is 0.789. The van der Waals surface area contributed by atoms with Gasteiger partial charge in [-0.15, -0.1) is 0 Å². The third-order valence-electron chi connectivity index (χ3n) is 0.789. The van der Waals surface area contributed by atoms with Crippen molar-refractivity contribution in [1.82, 2.24) is 0 Å². The Morgan fingerprint density at radius 3 is 1.27 bits per heavy atom. The van der Waals surface area contributed by atoms with Crippen LogP contribution in [0.5, 0.6) is 0 Å². The van der Waals surface area contributed by atoms with Crippen molar-refractivity contribution in [2.75, 3.05) is 0 Å². The summed E-state index contributed by atoms with van der Waals surface area (Å²) in [6.45, 7) is 13.4. The van der Waals surface area contributed by atoms with Crippen LogP contribution in [0.15, 0.2) is 38.5 Å². The van der Waals surface area contributed by atoms with Gasteiger partial charge in [-0.05, 0) is 0 Å². The Morgan fingerprint density at radius 1 is 0.818 bits per heavy atom. The van der Waals surface area contributed by atoms with Gasteiger partial charge in [0.1, 0.15) is 0 Å². The van der Waals surface area contributed by atoms with Crippen molar-refractivity contribution in [3.63, 3.8) is 0 Å². The van der Waals surface area contributed by atoms with Crippen molar-refractivity contribution in [3.05, 3.63) is 45.4 Å². The summed E-state index contributed by atoms with van der Waals surface area (Å²) in [6, 6.07) is 0. The lowest BCUT2D eigenvalue weighted by atomic mass is 10.6. The van der Waals surface area contributed by atoms with E-state index in [2.05, 4.69) is 26.7 Å². The van der Waals surface area contributed by atoms with Gasteiger partial charge in [-0.3, -0.25) is 0 Å². The van der Waals surface area contributed by atoms with Crippen molar-refractivity contribution in [1.29, 1.82) is 0 Å². The molecule has 1 radical (unpaired) electrons. The van der Waals surface area contributed by atoms with Gasteiger partial charge < -0.3 is 14.2 Å². The fourth-order valence-electron chi connectivity index (χ4n) is 0.464. The van der Waals surface area contributed by atoms with Gasteiger partial charge in [0.05, 0.1) is 25.7 Å². The quantitative estimate of drug-likeness (QED) is 0.433. The van der Waals surface area contributed by atoms with Crippen LogP contribution in [0, 0.1) is 6.92 Å². The van der Waals surface area contributed by atoms with Gasteiger partial charge in [0.25, 0.3) is 0 Å². The lowest BCUT2D eigenvalue weighted by molar-refractivity contribution is -0.284. The van der Waals surface area contributed by atoms with E-state index in [-0.39, 0.29) is 0 Å². The Hall–Kier alpha value is -1.38. The highest BCUT2D eigenvalue weighted by molar-refractivity contribution is 4.71. The molecule has 0 aliphatic rings. The molecule has 0 aliphatic carbocycles. The molecular weight excluding hydrogens is 144 g/mol. The highest BCUT2D eigenvalue weighted by atomic mass is 16.9. The van der Waals surface area contributed by atoms with E-state index in [1.807, 2.05) is 0 Å². The van der Waals surface area contributed by atoms with Crippen molar-refractivity contribution in [2.24, 2.45) is 0 Å². The van der Waals surface area contributed by atoms with Crippen LogP contribution in [-0.4, -0.2) is 5.97 Å². The molecule has 0 atom stereocenters. The number of hydrogen-bond acceptors (Lipinski definition) is 3. The number of ether oxygens (including phenoxy) is 3. The summed E-state index contributed by atoms with van der Waals surface area (Å²) in [4.78, 5) is 0. The van der Waals surface area contributed by atoms with Gasteiger partial charge in [0, 0.05) is 0 Å². The fourth-order valence-corrected chi connectivity index (χ4v) is 0.464. The van der Waals surface area contributed by atoms with Crippen LogP contribution < -0.4 is 0 Å². The van der Waals surface area contributed by atoms with Gasteiger partial charge in [-0.25, -0.2) is 0 Å². The van der Waals surface area contributed by atoms with E-state index in [0.717, 1.165) is 18.8 Å². The zero-order valence-electron chi connectivity index (χ0n) is 6.29. The molecule has 0 fully saturated rings. The minimum Gasteiger partial charge on any atom is -0.429 e. The van der Waals surface area contributed by atoms with Crippen LogP contribution >= 0.6 is 0 Å². The first kappa shape index (κ1) is 9.62. The molecule has 0 aromatic heterocycles. The Bertz CT molecular complexity index is 125.